The van der Waals surface area contributed by atoms with Crippen molar-refractivity contribution in [3.05, 3.63) is 47.0 Å². The molecule has 5 heteroatoms. The van der Waals surface area contributed by atoms with Crippen LogP contribution in [0.5, 0.6) is 0 Å². The monoisotopic (exact) mass is 288 g/mol. The minimum absolute atomic E-state index is 0.0121. The zero-order valence-corrected chi connectivity index (χ0v) is 12.1. The van der Waals surface area contributed by atoms with E-state index in [1.54, 1.807) is 11.6 Å². The Morgan fingerprint density at radius 3 is 2.55 bits per heavy atom. The lowest BCUT2D eigenvalue weighted by Crippen LogP contribution is -2.13. The van der Waals surface area contributed by atoms with E-state index in [2.05, 4.69) is 17.2 Å². The van der Waals surface area contributed by atoms with Gasteiger partial charge in [0.15, 0.2) is 10.9 Å². The largest absolute Gasteiger partial charge is 0.302 e. The highest BCUT2D eigenvalue weighted by Crippen LogP contribution is 2.12. The zero-order valence-electron chi connectivity index (χ0n) is 11.3. The number of benzene rings is 1. The maximum Gasteiger partial charge on any atom is 0.226 e. The summed E-state index contributed by atoms with van der Waals surface area (Å²) in [6.45, 7) is 2.07. The molecule has 0 radical (unpaired) electrons. The molecule has 1 heterocycles. The van der Waals surface area contributed by atoms with Crippen LogP contribution < -0.4 is 5.32 Å². The molecule has 1 amide bonds. The molecule has 0 aliphatic carbocycles. The highest BCUT2D eigenvalue weighted by Gasteiger charge is 2.10. The van der Waals surface area contributed by atoms with E-state index >= 15 is 0 Å². The first-order valence-electron chi connectivity index (χ1n) is 6.50. The van der Waals surface area contributed by atoms with E-state index in [4.69, 9.17) is 0 Å². The third-order valence-corrected chi connectivity index (χ3v) is 3.63. The summed E-state index contributed by atoms with van der Waals surface area (Å²) in [4.78, 5) is 27.6. The van der Waals surface area contributed by atoms with Crippen LogP contribution in [0.1, 0.15) is 35.7 Å². The smallest absolute Gasteiger partial charge is 0.226 e. The number of aryl methyl sites for hydroxylation is 1. The summed E-state index contributed by atoms with van der Waals surface area (Å²) in [7, 11) is 0. The van der Waals surface area contributed by atoms with Gasteiger partial charge in [0.2, 0.25) is 5.91 Å². The van der Waals surface area contributed by atoms with Crippen LogP contribution in [0.4, 0.5) is 5.13 Å². The van der Waals surface area contributed by atoms with Gasteiger partial charge in [-0.15, -0.1) is 11.3 Å². The molecule has 1 aromatic carbocycles. The molecule has 0 aliphatic heterocycles. The Hall–Kier alpha value is -2.01. The zero-order chi connectivity index (χ0) is 14.4. The van der Waals surface area contributed by atoms with Crippen molar-refractivity contribution in [3.63, 3.8) is 0 Å². The Kier molecular flexibility index (Phi) is 5.01. The van der Waals surface area contributed by atoms with Gasteiger partial charge in [-0.1, -0.05) is 31.2 Å². The second kappa shape index (κ2) is 6.96. The van der Waals surface area contributed by atoms with Crippen molar-refractivity contribution < 1.29 is 9.59 Å². The Bertz CT molecular complexity index is 576. The first kappa shape index (κ1) is 14.4. The summed E-state index contributed by atoms with van der Waals surface area (Å²) in [5, 5.41) is 5.02. The lowest BCUT2D eigenvalue weighted by atomic mass is 10.0. The minimum Gasteiger partial charge on any atom is -0.302 e. The van der Waals surface area contributed by atoms with Crippen molar-refractivity contribution in [2.24, 2.45) is 0 Å². The normalized spacial score (nSPS) is 10.2. The topological polar surface area (TPSA) is 59.1 Å². The van der Waals surface area contributed by atoms with Gasteiger partial charge in [0, 0.05) is 30.0 Å². The van der Waals surface area contributed by atoms with Crippen molar-refractivity contribution in [1.29, 1.82) is 0 Å². The number of nitrogens with zero attached hydrogens (tertiary/aromatic N) is 1. The van der Waals surface area contributed by atoms with Gasteiger partial charge >= 0.3 is 0 Å². The maximum atomic E-state index is 12.0. The second-order valence-electron chi connectivity index (χ2n) is 4.36. The van der Waals surface area contributed by atoms with Gasteiger partial charge in [-0.2, -0.15) is 0 Å². The highest BCUT2D eigenvalue weighted by atomic mass is 32.1. The van der Waals surface area contributed by atoms with Crippen molar-refractivity contribution in [2.45, 2.75) is 26.2 Å². The van der Waals surface area contributed by atoms with E-state index in [1.807, 2.05) is 24.3 Å². The number of Topliss-reactive ketones (excluding diaryl/α,β-unsaturated/α-hetero) is 1. The molecule has 104 valence electrons. The SMILES string of the molecule is CCc1ccc(C(=O)CCC(=O)Nc2nccs2)cc1. The summed E-state index contributed by atoms with van der Waals surface area (Å²) in [6.07, 6.45) is 2.96. The predicted molar refractivity (Wildman–Crippen MR) is 80.1 cm³/mol. The first-order chi connectivity index (χ1) is 9.69. The van der Waals surface area contributed by atoms with Gasteiger partial charge in [-0.3, -0.25) is 9.59 Å². The standard InChI is InChI=1S/C15H16N2O2S/c1-2-11-3-5-12(6-4-11)13(18)7-8-14(19)17-15-16-9-10-20-15/h3-6,9-10H,2,7-8H2,1H3,(H,16,17,19). The molecule has 0 aliphatic rings. The van der Waals surface area contributed by atoms with E-state index in [0.717, 1.165) is 6.42 Å². The fourth-order valence-electron chi connectivity index (χ4n) is 1.76. The number of hydrogen-bond donors (Lipinski definition) is 1. The molecule has 0 unspecified atom stereocenters. The summed E-state index contributed by atoms with van der Waals surface area (Å²) in [5.41, 5.74) is 1.85. The van der Waals surface area contributed by atoms with Gasteiger partial charge < -0.3 is 5.32 Å². The number of anilines is 1. The van der Waals surface area contributed by atoms with Gasteiger partial charge in [0.1, 0.15) is 0 Å². The Balaban J connectivity index is 1.83. The number of aromatic nitrogens is 1. The maximum absolute atomic E-state index is 12.0. The van der Waals surface area contributed by atoms with Crippen LogP contribution in [0.15, 0.2) is 35.8 Å². The number of ketones is 1. The quantitative estimate of drug-likeness (QED) is 0.830. The van der Waals surface area contributed by atoms with Crippen LogP contribution in [-0.4, -0.2) is 16.7 Å². The first-order valence-corrected chi connectivity index (χ1v) is 7.38. The average Bonchev–Trinajstić information content (AvgIpc) is 2.97. The number of rotatable bonds is 6. The summed E-state index contributed by atoms with van der Waals surface area (Å²) in [6, 6.07) is 7.53. The van der Waals surface area contributed by atoms with Crippen LogP contribution in [-0.2, 0) is 11.2 Å². The molecule has 20 heavy (non-hydrogen) atoms. The molecular formula is C15H16N2O2S. The molecular weight excluding hydrogens is 272 g/mol. The molecule has 4 nitrogen and oxygen atoms in total. The van der Waals surface area contributed by atoms with E-state index in [9.17, 15) is 9.59 Å². The molecule has 0 saturated carbocycles. The van der Waals surface area contributed by atoms with Gasteiger partial charge in [-0.05, 0) is 12.0 Å². The van der Waals surface area contributed by atoms with E-state index < -0.39 is 0 Å². The second-order valence-corrected chi connectivity index (χ2v) is 5.25. The molecule has 1 aromatic heterocycles. The van der Waals surface area contributed by atoms with Crippen molar-refractivity contribution >= 4 is 28.2 Å². The molecule has 0 saturated heterocycles. The van der Waals surface area contributed by atoms with Crippen LogP contribution in [0, 0.1) is 0 Å². The van der Waals surface area contributed by atoms with Gasteiger partial charge in [0.25, 0.3) is 0 Å². The fourth-order valence-corrected chi connectivity index (χ4v) is 2.31. The Morgan fingerprint density at radius 1 is 1.20 bits per heavy atom. The molecule has 2 aromatic rings. The lowest BCUT2D eigenvalue weighted by Gasteiger charge is -2.03. The number of carbonyl (C=O) groups is 2. The summed E-state index contributed by atoms with van der Waals surface area (Å²) >= 11 is 1.36. The molecule has 2 rings (SSSR count). The van der Waals surface area contributed by atoms with E-state index in [-0.39, 0.29) is 24.5 Å². The van der Waals surface area contributed by atoms with E-state index in [0.29, 0.717) is 10.7 Å². The van der Waals surface area contributed by atoms with Crippen molar-refractivity contribution in [1.82, 2.24) is 4.98 Å². The lowest BCUT2D eigenvalue weighted by molar-refractivity contribution is -0.116. The Labute approximate surface area is 121 Å². The fraction of sp³-hybridized carbons (Fsp3) is 0.267. The minimum atomic E-state index is -0.182. The predicted octanol–water partition coefficient (Wildman–Crippen LogP) is 3.31. The van der Waals surface area contributed by atoms with Crippen LogP contribution in [0.25, 0.3) is 0 Å². The van der Waals surface area contributed by atoms with Crippen LogP contribution in [0.3, 0.4) is 0 Å². The third-order valence-electron chi connectivity index (χ3n) is 2.94. The molecule has 0 atom stereocenters. The Morgan fingerprint density at radius 2 is 1.95 bits per heavy atom. The van der Waals surface area contributed by atoms with Gasteiger partial charge in [0.05, 0.1) is 0 Å². The number of hydrogen-bond acceptors (Lipinski definition) is 4. The average molecular weight is 288 g/mol. The molecule has 0 bridgehead atoms. The van der Waals surface area contributed by atoms with Gasteiger partial charge in [-0.25, -0.2) is 4.98 Å². The molecule has 1 N–H and O–H groups in total. The summed E-state index contributed by atoms with van der Waals surface area (Å²) < 4.78 is 0. The molecule has 0 fully saturated rings. The number of amides is 1. The third kappa shape index (κ3) is 3.99. The van der Waals surface area contributed by atoms with Crippen molar-refractivity contribution in [3.8, 4) is 0 Å². The summed E-state index contributed by atoms with van der Waals surface area (Å²) in [5.74, 6) is -0.194. The van der Waals surface area contributed by atoms with Crippen molar-refractivity contribution in [2.75, 3.05) is 5.32 Å². The molecule has 0 spiro atoms. The van der Waals surface area contributed by atoms with E-state index in [1.165, 1.54) is 16.9 Å². The van der Waals surface area contributed by atoms with Crippen LogP contribution in [0.2, 0.25) is 0 Å². The highest BCUT2D eigenvalue weighted by molar-refractivity contribution is 7.13. The number of nitrogens with one attached hydrogen (secondary N) is 1. The number of thiazole rings is 1. The van der Waals surface area contributed by atoms with Crippen LogP contribution >= 0.6 is 11.3 Å². The number of carbonyl (C=O) groups excluding carboxylic acids is 2.